The lowest BCUT2D eigenvalue weighted by Crippen LogP contribution is -2.18. The van der Waals surface area contributed by atoms with E-state index in [0.29, 0.717) is 6.42 Å². The average molecular weight is 359 g/mol. The van der Waals surface area contributed by atoms with Gasteiger partial charge in [0, 0.05) is 29.2 Å². The number of fused-ring (bicyclic) bond motifs is 1. The number of anilines is 3. The van der Waals surface area contributed by atoms with Crippen LogP contribution in [-0.4, -0.2) is 15.9 Å². The highest BCUT2D eigenvalue weighted by molar-refractivity contribution is 7.14. The van der Waals surface area contributed by atoms with Gasteiger partial charge in [0.05, 0.1) is 5.69 Å². The van der Waals surface area contributed by atoms with Crippen molar-refractivity contribution in [2.24, 2.45) is 0 Å². The number of carbonyl (C=O) groups excluding carboxylic acids is 1. The van der Waals surface area contributed by atoms with Crippen LogP contribution in [0.2, 0.25) is 0 Å². The Hall–Kier alpha value is -2.44. The number of amides is 1. The number of nitrogens with one attached hydrogen (secondary N) is 2. The first-order chi connectivity index (χ1) is 11.3. The number of hydrogen-bond acceptors (Lipinski definition) is 5. The molecule has 0 aliphatic carbocycles. The van der Waals surface area contributed by atoms with E-state index in [9.17, 15) is 4.79 Å². The number of rotatable bonds is 3. The first-order valence-electron chi connectivity index (χ1n) is 7.35. The van der Waals surface area contributed by atoms with Gasteiger partial charge >= 0.3 is 0 Å². The number of carbonyl (C=O) groups is 1. The van der Waals surface area contributed by atoms with Crippen molar-refractivity contribution in [1.29, 1.82) is 0 Å². The molecule has 0 fully saturated rings. The van der Waals surface area contributed by atoms with E-state index in [1.807, 2.05) is 35.7 Å². The van der Waals surface area contributed by atoms with E-state index < -0.39 is 0 Å². The number of hydrogen-bond donors (Lipinski definition) is 2. The zero-order valence-electron chi connectivity index (χ0n) is 12.7. The number of thiazole rings is 1. The van der Waals surface area contributed by atoms with Crippen LogP contribution in [0.3, 0.4) is 0 Å². The van der Waals surface area contributed by atoms with Crippen molar-refractivity contribution in [2.75, 3.05) is 10.6 Å². The highest BCUT2D eigenvalue weighted by atomic mass is 35.5. The summed E-state index contributed by atoms with van der Waals surface area (Å²) in [5.74, 6) is 0.863. The van der Waals surface area contributed by atoms with E-state index in [1.165, 1.54) is 0 Å². The molecule has 24 heavy (non-hydrogen) atoms. The van der Waals surface area contributed by atoms with Crippen molar-refractivity contribution >= 4 is 46.3 Å². The van der Waals surface area contributed by atoms with Gasteiger partial charge in [-0.1, -0.05) is 12.1 Å². The minimum Gasteiger partial charge on any atom is -0.326 e. The third-order valence-corrected chi connectivity index (χ3v) is 4.46. The Labute approximate surface area is 149 Å². The summed E-state index contributed by atoms with van der Waals surface area (Å²) >= 11 is 1.55. The molecule has 0 unspecified atom stereocenters. The molecule has 1 aliphatic heterocycles. The zero-order chi connectivity index (χ0) is 15.6. The second kappa shape index (κ2) is 6.98. The van der Waals surface area contributed by atoms with Crippen molar-refractivity contribution < 1.29 is 4.79 Å². The number of halogens is 1. The Morgan fingerprint density at radius 2 is 2.08 bits per heavy atom. The Balaban J connectivity index is 0.00000169. The molecule has 2 N–H and O–H groups in total. The summed E-state index contributed by atoms with van der Waals surface area (Å²) in [5, 5.41) is 8.93. The summed E-state index contributed by atoms with van der Waals surface area (Å²) < 4.78 is 0. The summed E-state index contributed by atoms with van der Waals surface area (Å²) in [4.78, 5) is 20.3. The van der Waals surface area contributed by atoms with E-state index in [0.717, 1.165) is 39.9 Å². The smallest absolute Gasteiger partial charge is 0.224 e. The summed E-state index contributed by atoms with van der Waals surface area (Å²) in [5.41, 5.74) is 4.06. The van der Waals surface area contributed by atoms with Crippen LogP contribution < -0.4 is 10.6 Å². The maximum absolute atomic E-state index is 11.4. The molecular weight excluding hydrogens is 344 g/mol. The predicted molar refractivity (Wildman–Crippen MR) is 99.3 cm³/mol. The van der Waals surface area contributed by atoms with Crippen LogP contribution in [-0.2, 0) is 11.2 Å². The maximum Gasteiger partial charge on any atom is 0.224 e. The quantitative estimate of drug-likeness (QED) is 0.734. The fraction of sp³-hybridized carbons (Fsp3) is 0.118. The van der Waals surface area contributed by atoms with Gasteiger partial charge in [-0.25, -0.2) is 9.97 Å². The number of nitrogens with zero attached hydrogens (tertiary/aromatic N) is 2. The van der Waals surface area contributed by atoms with Crippen LogP contribution >= 0.6 is 23.7 Å². The van der Waals surface area contributed by atoms with Crippen LogP contribution in [0.25, 0.3) is 11.3 Å². The molecule has 0 saturated heterocycles. The Bertz CT molecular complexity index is 866. The van der Waals surface area contributed by atoms with Crippen LogP contribution in [0.5, 0.6) is 0 Å². The first kappa shape index (κ1) is 16.4. The SMILES string of the molecule is Cl.O=C1CCc2cc(-c3csc(Nc4ccccn4)n3)ccc2N1. The second-order valence-corrected chi connectivity index (χ2v) is 6.16. The molecule has 122 valence electrons. The van der Waals surface area contributed by atoms with Gasteiger partial charge in [-0.2, -0.15) is 0 Å². The number of benzene rings is 1. The molecule has 7 heteroatoms. The molecule has 1 aliphatic rings. The van der Waals surface area contributed by atoms with E-state index in [-0.39, 0.29) is 18.3 Å². The lowest BCUT2D eigenvalue weighted by molar-refractivity contribution is -0.116. The lowest BCUT2D eigenvalue weighted by Gasteiger charge is -2.17. The molecule has 0 saturated carbocycles. The van der Waals surface area contributed by atoms with Crippen molar-refractivity contribution in [1.82, 2.24) is 9.97 Å². The Morgan fingerprint density at radius 1 is 1.17 bits per heavy atom. The molecule has 4 rings (SSSR count). The monoisotopic (exact) mass is 358 g/mol. The number of pyridine rings is 1. The molecule has 0 spiro atoms. The van der Waals surface area contributed by atoms with E-state index in [2.05, 4.69) is 26.7 Å². The van der Waals surface area contributed by atoms with Crippen LogP contribution in [0.4, 0.5) is 16.6 Å². The molecule has 2 aromatic heterocycles. The van der Waals surface area contributed by atoms with E-state index in [4.69, 9.17) is 0 Å². The van der Waals surface area contributed by atoms with Crippen molar-refractivity contribution in [2.45, 2.75) is 12.8 Å². The van der Waals surface area contributed by atoms with Crippen LogP contribution in [0, 0.1) is 0 Å². The van der Waals surface area contributed by atoms with Gasteiger partial charge in [-0.05, 0) is 36.2 Å². The van der Waals surface area contributed by atoms with Gasteiger partial charge in [0.15, 0.2) is 5.13 Å². The largest absolute Gasteiger partial charge is 0.326 e. The minimum absolute atomic E-state index is 0. The molecule has 0 radical (unpaired) electrons. The highest BCUT2D eigenvalue weighted by Crippen LogP contribution is 2.31. The third kappa shape index (κ3) is 3.39. The summed E-state index contributed by atoms with van der Waals surface area (Å²) in [6.07, 6.45) is 3.06. The molecule has 1 aromatic carbocycles. The predicted octanol–water partition coefficient (Wildman–Crippen LogP) is 4.26. The van der Waals surface area contributed by atoms with Gasteiger partial charge < -0.3 is 10.6 Å². The number of aryl methyl sites for hydroxylation is 1. The third-order valence-electron chi connectivity index (χ3n) is 3.70. The topological polar surface area (TPSA) is 66.9 Å². The number of aromatic nitrogens is 2. The van der Waals surface area contributed by atoms with Gasteiger partial charge in [-0.15, -0.1) is 23.7 Å². The molecule has 5 nitrogen and oxygen atoms in total. The van der Waals surface area contributed by atoms with Gasteiger partial charge in [-0.3, -0.25) is 4.79 Å². The van der Waals surface area contributed by atoms with E-state index >= 15 is 0 Å². The Kier molecular flexibility index (Phi) is 4.78. The summed E-state index contributed by atoms with van der Waals surface area (Å²) in [7, 11) is 0. The second-order valence-electron chi connectivity index (χ2n) is 5.30. The Morgan fingerprint density at radius 3 is 2.92 bits per heavy atom. The van der Waals surface area contributed by atoms with Crippen LogP contribution in [0.15, 0.2) is 48.0 Å². The molecule has 0 atom stereocenters. The molecule has 3 aromatic rings. The first-order valence-corrected chi connectivity index (χ1v) is 8.23. The van der Waals surface area contributed by atoms with Crippen LogP contribution in [0.1, 0.15) is 12.0 Å². The van der Waals surface area contributed by atoms with Crippen molar-refractivity contribution in [3.8, 4) is 11.3 Å². The normalized spacial score (nSPS) is 12.8. The van der Waals surface area contributed by atoms with Gasteiger partial charge in [0.2, 0.25) is 5.91 Å². The highest BCUT2D eigenvalue weighted by Gasteiger charge is 2.15. The molecule has 1 amide bonds. The fourth-order valence-electron chi connectivity index (χ4n) is 2.55. The summed E-state index contributed by atoms with van der Waals surface area (Å²) in [6, 6.07) is 11.8. The minimum atomic E-state index is 0. The molecule has 0 bridgehead atoms. The maximum atomic E-state index is 11.4. The average Bonchev–Trinajstić information content (AvgIpc) is 3.04. The molecule has 3 heterocycles. The van der Waals surface area contributed by atoms with Crippen molar-refractivity contribution in [3.05, 3.63) is 53.5 Å². The fourth-order valence-corrected chi connectivity index (χ4v) is 3.28. The summed E-state index contributed by atoms with van der Waals surface area (Å²) in [6.45, 7) is 0. The zero-order valence-corrected chi connectivity index (χ0v) is 14.3. The van der Waals surface area contributed by atoms with Gasteiger partial charge in [0.1, 0.15) is 5.82 Å². The standard InChI is InChI=1S/C17H14N4OS.ClH/c22-16-7-5-11-9-12(4-6-13(11)19-16)14-10-23-17(20-14)21-15-3-1-2-8-18-15;/h1-4,6,8-10H,5,7H2,(H,19,22)(H,18,20,21);1H. The van der Waals surface area contributed by atoms with E-state index in [1.54, 1.807) is 17.5 Å². The molecular formula is C17H15ClN4OS. The van der Waals surface area contributed by atoms with Gasteiger partial charge in [0.25, 0.3) is 0 Å². The lowest BCUT2D eigenvalue weighted by atomic mass is 9.99. The van der Waals surface area contributed by atoms with Crippen molar-refractivity contribution in [3.63, 3.8) is 0 Å².